The number of nitrogens with zero attached hydrogens (tertiary/aromatic N) is 2. The van der Waals surface area contributed by atoms with Crippen LogP contribution in [0.4, 0.5) is 4.79 Å². The maximum Gasteiger partial charge on any atom is 0.407 e. The zero-order valence-corrected chi connectivity index (χ0v) is 12.8. The summed E-state index contributed by atoms with van der Waals surface area (Å²) in [6.45, 7) is 3.97. The summed E-state index contributed by atoms with van der Waals surface area (Å²) in [6.07, 6.45) is -0.286. The fourth-order valence-electron chi connectivity index (χ4n) is 2.45. The summed E-state index contributed by atoms with van der Waals surface area (Å²) in [5.74, 6) is -0.00668. The molecule has 0 atom stereocenters. The minimum atomic E-state index is -0.934. The summed E-state index contributed by atoms with van der Waals surface area (Å²) in [7, 11) is 0. The minimum absolute atomic E-state index is 0.00668. The number of carbonyl (C=O) groups excluding carboxylic acids is 1. The number of carboxylic acid groups (broad SMARTS) is 1. The first-order valence-electron chi connectivity index (χ1n) is 7.44. The Hall–Kier alpha value is -2.08. The van der Waals surface area contributed by atoms with Crippen molar-refractivity contribution in [2.45, 2.75) is 26.0 Å². The third kappa shape index (κ3) is 4.46. The van der Waals surface area contributed by atoms with Gasteiger partial charge in [-0.15, -0.1) is 0 Å². The van der Waals surface area contributed by atoms with E-state index in [0.29, 0.717) is 39.3 Å². The Labute approximate surface area is 130 Å². The molecular formula is C16H22N2O4. The van der Waals surface area contributed by atoms with Crippen LogP contribution in [0.25, 0.3) is 0 Å². The number of rotatable bonds is 7. The lowest BCUT2D eigenvalue weighted by Gasteiger charge is -2.43. The molecule has 2 rings (SSSR count). The molecule has 1 aromatic carbocycles. The Bertz CT molecular complexity index is 500. The molecule has 6 nitrogen and oxygen atoms in total. The van der Waals surface area contributed by atoms with Crippen LogP contribution in [0.5, 0.6) is 0 Å². The van der Waals surface area contributed by atoms with Gasteiger partial charge in [0.15, 0.2) is 0 Å². The zero-order chi connectivity index (χ0) is 15.9. The van der Waals surface area contributed by atoms with Crippen LogP contribution in [0.2, 0.25) is 0 Å². The van der Waals surface area contributed by atoms with Crippen molar-refractivity contribution in [2.24, 2.45) is 0 Å². The molecule has 1 aliphatic heterocycles. The van der Waals surface area contributed by atoms with Gasteiger partial charge in [0.05, 0.1) is 12.6 Å². The summed E-state index contributed by atoms with van der Waals surface area (Å²) < 4.78 is 5.56. The van der Waals surface area contributed by atoms with Gasteiger partial charge in [-0.1, -0.05) is 30.3 Å². The van der Waals surface area contributed by atoms with Gasteiger partial charge in [0.1, 0.15) is 0 Å². The number of hydrogen-bond donors (Lipinski definition) is 1. The van der Waals surface area contributed by atoms with E-state index in [1.54, 1.807) is 4.90 Å². The first-order chi connectivity index (χ1) is 10.6. The summed E-state index contributed by atoms with van der Waals surface area (Å²) in [5.41, 5.74) is 1.11. The van der Waals surface area contributed by atoms with Crippen LogP contribution in [-0.2, 0) is 16.1 Å². The van der Waals surface area contributed by atoms with Crippen molar-refractivity contribution in [2.75, 3.05) is 26.2 Å². The topological polar surface area (TPSA) is 70.1 Å². The second-order valence-corrected chi connectivity index (χ2v) is 5.45. The van der Waals surface area contributed by atoms with E-state index in [0.717, 1.165) is 5.56 Å². The third-order valence-electron chi connectivity index (χ3n) is 3.79. The largest absolute Gasteiger partial charge is 0.465 e. The lowest BCUT2D eigenvalue weighted by atomic mass is 10.1. The molecule has 1 saturated heterocycles. The number of ether oxygens (including phenoxy) is 1. The van der Waals surface area contributed by atoms with Gasteiger partial charge in [-0.05, 0) is 12.0 Å². The Kier molecular flexibility index (Phi) is 5.77. The molecule has 0 spiro atoms. The molecule has 0 aliphatic carbocycles. The number of hydrogen-bond acceptors (Lipinski definition) is 3. The molecule has 0 saturated carbocycles. The highest BCUT2D eigenvalue weighted by atomic mass is 16.5. The second-order valence-electron chi connectivity index (χ2n) is 5.45. The van der Waals surface area contributed by atoms with Crippen molar-refractivity contribution in [3.8, 4) is 0 Å². The van der Waals surface area contributed by atoms with Crippen LogP contribution in [0.3, 0.4) is 0 Å². The van der Waals surface area contributed by atoms with Crippen molar-refractivity contribution in [3.05, 3.63) is 35.9 Å². The molecule has 1 aliphatic rings. The number of amides is 2. The Morgan fingerprint density at radius 1 is 1.32 bits per heavy atom. The quantitative estimate of drug-likeness (QED) is 0.780. The van der Waals surface area contributed by atoms with Gasteiger partial charge in [0, 0.05) is 33.2 Å². The average Bonchev–Trinajstić information content (AvgIpc) is 2.44. The number of benzene rings is 1. The lowest BCUT2D eigenvalue weighted by molar-refractivity contribution is -0.135. The zero-order valence-electron chi connectivity index (χ0n) is 12.8. The molecule has 1 heterocycles. The van der Waals surface area contributed by atoms with Crippen LogP contribution in [-0.4, -0.2) is 59.2 Å². The van der Waals surface area contributed by atoms with E-state index in [1.165, 1.54) is 11.8 Å². The molecule has 1 fully saturated rings. The van der Waals surface area contributed by atoms with E-state index in [2.05, 4.69) is 0 Å². The molecule has 0 bridgehead atoms. The fourth-order valence-corrected chi connectivity index (χ4v) is 2.45. The molecule has 1 N–H and O–H groups in total. The van der Waals surface area contributed by atoms with Crippen molar-refractivity contribution >= 4 is 12.0 Å². The van der Waals surface area contributed by atoms with Gasteiger partial charge in [0.2, 0.25) is 5.91 Å². The molecule has 6 heteroatoms. The number of likely N-dealkylation sites (tertiary alicyclic amines) is 1. The van der Waals surface area contributed by atoms with Crippen molar-refractivity contribution in [1.29, 1.82) is 0 Å². The number of carbonyl (C=O) groups is 2. The van der Waals surface area contributed by atoms with Crippen LogP contribution in [0.15, 0.2) is 30.3 Å². The van der Waals surface area contributed by atoms with Gasteiger partial charge in [-0.3, -0.25) is 4.79 Å². The molecule has 0 unspecified atom stereocenters. The van der Waals surface area contributed by atoms with E-state index in [-0.39, 0.29) is 11.9 Å². The first-order valence-corrected chi connectivity index (χ1v) is 7.44. The highest BCUT2D eigenvalue weighted by Gasteiger charge is 2.35. The van der Waals surface area contributed by atoms with Gasteiger partial charge in [-0.25, -0.2) is 4.79 Å². The maximum absolute atomic E-state index is 11.3. The Morgan fingerprint density at radius 2 is 2.00 bits per heavy atom. The van der Waals surface area contributed by atoms with Crippen molar-refractivity contribution < 1.29 is 19.4 Å². The molecule has 120 valence electrons. The normalized spacial score (nSPS) is 14.5. The van der Waals surface area contributed by atoms with Crippen LogP contribution < -0.4 is 0 Å². The fraction of sp³-hybridized carbons (Fsp3) is 0.500. The van der Waals surface area contributed by atoms with Crippen LogP contribution in [0.1, 0.15) is 18.9 Å². The summed E-state index contributed by atoms with van der Waals surface area (Å²) in [6, 6.07) is 9.78. The van der Waals surface area contributed by atoms with Crippen LogP contribution >= 0.6 is 0 Å². The molecular weight excluding hydrogens is 284 g/mol. The minimum Gasteiger partial charge on any atom is -0.465 e. The summed E-state index contributed by atoms with van der Waals surface area (Å²) >= 11 is 0. The third-order valence-corrected chi connectivity index (χ3v) is 3.79. The predicted molar refractivity (Wildman–Crippen MR) is 81.5 cm³/mol. The van der Waals surface area contributed by atoms with Crippen molar-refractivity contribution in [3.63, 3.8) is 0 Å². The Morgan fingerprint density at radius 3 is 2.59 bits per heavy atom. The molecule has 0 aromatic heterocycles. The predicted octanol–water partition coefficient (Wildman–Crippen LogP) is 1.80. The maximum atomic E-state index is 11.3. The van der Waals surface area contributed by atoms with E-state index in [1.807, 2.05) is 30.3 Å². The summed E-state index contributed by atoms with van der Waals surface area (Å²) in [4.78, 5) is 25.5. The van der Waals surface area contributed by atoms with Gasteiger partial charge in [-0.2, -0.15) is 0 Å². The van der Waals surface area contributed by atoms with E-state index >= 15 is 0 Å². The second kappa shape index (κ2) is 7.79. The van der Waals surface area contributed by atoms with E-state index < -0.39 is 6.09 Å². The first kappa shape index (κ1) is 16.3. The highest BCUT2D eigenvalue weighted by molar-refractivity contribution is 5.75. The standard InChI is InChI=1S/C16H22N2O4/c1-13(19)17-10-15(11-17)18(16(20)21)8-5-9-22-12-14-6-3-2-4-7-14/h2-4,6-7,15H,5,8-12H2,1H3,(H,20,21). The molecule has 0 radical (unpaired) electrons. The smallest absolute Gasteiger partial charge is 0.407 e. The SMILES string of the molecule is CC(=O)N1CC(N(CCCOCc2ccccc2)C(=O)O)C1. The monoisotopic (exact) mass is 306 g/mol. The lowest BCUT2D eigenvalue weighted by Crippen LogP contribution is -2.61. The molecule has 1 aromatic rings. The van der Waals surface area contributed by atoms with Crippen LogP contribution in [0, 0.1) is 0 Å². The van der Waals surface area contributed by atoms with E-state index in [9.17, 15) is 14.7 Å². The highest BCUT2D eigenvalue weighted by Crippen LogP contribution is 2.15. The molecule has 2 amide bonds. The average molecular weight is 306 g/mol. The van der Waals surface area contributed by atoms with Crippen molar-refractivity contribution in [1.82, 2.24) is 9.80 Å². The van der Waals surface area contributed by atoms with Gasteiger partial charge < -0.3 is 19.6 Å². The summed E-state index contributed by atoms with van der Waals surface area (Å²) in [5, 5.41) is 9.25. The van der Waals surface area contributed by atoms with E-state index in [4.69, 9.17) is 4.74 Å². The van der Waals surface area contributed by atoms with Gasteiger partial charge >= 0.3 is 6.09 Å². The molecule has 22 heavy (non-hydrogen) atoms. The van der Waals surface area contributed by atoms with Gasteiger partial charge in [0.25, 0.3) is 0 Å². The Balaban J connectivity index is 1.65.